The van der Waals surface area contributed by atoms with Gasteiger partial charge in [0.2, 0.25) is 0 Å². The van der Waals surface area contributed by atoms with Crippen LogP contribution in [-0.2, 0) is 0 Å². The molecule has 4 rings (SSSR count). The van der Waals surface area contributed by atoms with Gasteiger partial charge in [0.15, 0.2) is 11.5 Å². The van der Waals surface area contributed by atoms with Gasteiger partial charge >= 0.3 is 0 Å². The molecule has 1 fully saturated rings. The molecule has 0 saturated heterocycles. The van der Waals surface area contributed by atoms with Crippen molar-refractivity contribution < 1.29 is 14.1 Å². The summed E-state index contributed by atoms with van der Waals surface area (Å²) >= 11 is 0. The Kier molecular flexibility index (Phi) is 4.69. The highest BCUT2D eigenvalue weighted by atomic mass is 16.5. The van der Waals surface area contributed by atoms with E-state index in [0.717, 1.165) is 24.2 Å². The molecule has 5 nitrogen and oxygen atoms in total. The molecule has 1 aliphatic carbocycles. The molecule has 1 aliphatic rings. The Hall–Kier alpha value is -3.08. The Morgan fingerprint density at radius 2 is 1.77 bits per heavy atom. The Morgan fingerprint density at radius 1 is 1.04 bits per heavy atom. The lowest BCUT2D eigenvalue weighted by molar-refractivity contribution is 0.101. The van der Waals surface area contributed by atoms with Gasteiger partial charge in [-0.25, -0.2) is 0 Å². The van der Waals surface area contributed by atoms with E-state index in [2.05, 4.69) is 10.5 Å². The number of amides is 1. The van der Waals surface area contributed by atoms with Crippen molar-refractivity contribution in [3.63, 3.8) is 0 Å². The van der Waals surface area contributed by atoms with Crippen LogP contribution in [0.3, 0.4) is 0 Å². The molecule has 0 unspecified atom stereocenters. The van der Waals surface area contributed by atoms with Crippen molar-refractivity contribution in [1.29, 1.82) is 0 Å². The van der Waals surface area contributed by atoms with Crippen LogP contribution in [0.2, 0.25) is 0 Å². The second-order valence-corrected chi connectivity index (χ2v) is 6.45. The lowest BCUT2D eigenvalue weighted by Crippen LogP contribution is -2.13. The molecule has 5 heteroatoms. The fraction of sp³-hybridized carbons (Fsp3) is 0.238. The molecule has 1 amide bonds. The SMILES string of the molecule is O=C(Nc1ccc(OC2CCCC2)cc1)c1cc(-c2ccccc2)on1. The number of nitrogens with one attached hydrogen (secondary N) is 1. The van der Waals surface area contributed by atoms with E-state index in [9.17, 15) is 4.79 Å². The third-order valence-corrected chi connectivity index (χ3v) is 4.52. The first-order valence-electron chi connectivity index (χ1n) is 8.88. The van der Waals surface area contributed by atoms with Gasteiger partial charge in [0.1, 0.15) is 5.75 Å². The van der Waals surface area contributed by atoms with Crippen LogP contribution < -0.4 is 10.1 Å². The third-order valence-electron chi connectivity index (χ3n) is 4.52. The van der Waals surface area contributed by atoms with E-state index in [1.54, 1.807) is 6.07 Å². The van der Waals surface area contributed by atoms with Crippen molar-refractivity contribution in [1.82, 2.24) is 5.16 Å². The molecule has 1 heterocycles. The molecule has 0 atom stereocenters. The fourth-order valence-corrected chi connectivity index (χ4v) is 3.13. The van der Waals surface area contributed by atoms with Crippen LogP contribution in [-0.4, -0.2) is 17.2 Å². The molecule has 0 spiro atoms. The van der Waals surface area contributed by atoms with Crippen molar-refractivity contribution in [2.45, 2.75) is 31.8 Å². The molecule has 0 bridgehead atoms. The van der Waals surface area contributed by atoms with E-state index in [0.29, 0.717) is 17.6 Å². The zero-order chi connectivity index (χ0) is 17.8. The highest BCUT2D eigenvalue weighted by molar-refractivity contribution is 6.03. The van der Waals surface area contributed by atoms with Gasteiger partial charge in [0.25, 0.3) is 5.91 Å². The predicted octanol–water partition coefficient (Wildman–Crippen LogP) is 4.92. The number of carbonyl (C=O) groups excluding carboxylic acids is 1. The third kappa shape index (κ3) is 3.77. The number of hydrogen-bond donors (Lipinski definition) is 1. The van der Waals surface area contributed by atoms with Gasteiger partial charge in [0, 0.05) is 17.3 Å². The zero-order valence-electron chi connectivity index (χ0n) is 14.4. The Morgan fingerprint density at radius 3 is 2.50 bits per heavy atom. The second kappa shape index (κ2) is 7.44. The fourth-order valence-electron chi connectivity index (χ4n) is 3.13. The van der Waals surface area contributed by atoms with Gasteiger partial charge in [-0.3, -0.25) is 4.79 Å². The quantitative estimate of drug-likeness (QED) is 0.711. The summed E-state index contributed by atoms with van der Waals surface area (Å²) in [6, 6.07) is 18.6. The first-order chi connectivity index (χ1) is 12.8. The Labute approximate surface area is 152 Å². The van der Waals surface area contributed by atoms with Crippen molar-refractivity contribution in [2.75, 3.05) is 5.32 Å². The van der Waals surface area contributed by atoms with Gasteiger partial charge < -0.3 is 14.6 Å². The van der Waals surface area contributed by atoms with Crippen molar-refractivity contribution in [3.8, 4) is 17.1 Å². The van der Waals surface area contributed by atoms with Gasteiger partial charge in [-0.15, -0.1) is 0 Å². The maximum atomic E-state index is 12.4. The summed E-state index contributed by atoms with van der Waals surface area (Å²) in [6.07, 6.45) is 5.04. The largest absolute Gasteiger partial charge is 0.490 e. The number of benzene rings is 2. The topological polar surface area (TPSA) is 64.4 Å². The molecule has 0 aliphatic heterocycles. The minimum atomic E-state index is -0.305. The lowest BCUT2D eigenvalue weighted by atomic mass is 10.1. The van der Waals surface area contributed by atoms with E-state index in [4.69, 9.17) is 9.26 Å². The number of aromatic nitrogens is 1. The molecule has 1 N–H and O–H groups in total. The molecular weight excluding hydrogens is 328 g/mol. The Balaban J connectivity index is 1.39. The first kappa shape index (κ1) is 16.4. The van der Waals surface area contributed by atoms with Crippen molar-refractivity contribution in [2.24, 2.45) is 0 Å². The van der Waals surface area contributed by atoms with Crippen molar-refractivity contribution in [3.05, 3.63) is 66.4 Å². The molecule has 2 aromatic carbocycles. The first-order valence-corrected chi connectivity index (χ1v) is 8.88. The predicted molar refractivity (Wildman–Crippen MR) is 99.2 cm³/mol. The van der Waals surface area contributed by atoms with Crippen molar-refractivity contribution >= 4 is 11.6 Å². The molecule has 3 aromatic rings. The van der Waals surface area contributed by atoms with Crippen LogP contribution in [0.25, 0.3) is 11.3 Å². The van der Waals surface area contributed by atoms with Crippen LogP contribution >= 0.6 is 0 Å². The van der Waals surface area contributed by atoms with Crippen LogP contribution in [0, 0.1) is 0 Å². The summed E-state index contributed by atoms with van der Waals surface area (Å²) < 4.78 is 11.2. The summed E-state index contributed by atoms with van der Waals surface area (Å²) in [7, 11) is 0. The van der Waals surface area contributed by atoms with E-state index < -0.39 is 0 Å². The average Bonchev–Trinajstić information content (AvgIpc) is 3.36. The summed E-state index contributed by atoms with van der Waals surface area (Å²) in [5.74, 6) is 1.10. The standard InChI is InChI=1S/C21H20N2O3/c24-21(19-14-20(26-23-19)15-6-2-1-3-7-15)22-16-10-12-18(13-11-16)25-17-8-4-5-9-17/h1-3,6-7,10-14,17H,4-5,8-9H2,(H,22,24). The zero-order valence-corrected chi connectivity index (χ0v) is 14.4. The summed E-state index contributed by atoms with van der Waals surface area (Å²) in [5, 5.41) is 6.69. The normalized spacial score (nSPS) is 14.3. The van der Waals surface area contributed by atoms with Crippen LogP contribution in [0.5, 0.6) is 5.75 Å². The van der Waals surface area contributed by atoms with E-state index in [1.165, 1.54) is 12.8 Å². The van der Waals surface area contributed by atoms with Crippen LogP contribution in [0.1, 0.15) is 36.2 Å². The highest BCUT2D eigenvalue weighted by Crippen LogP contribution is 2.25. The average molecular weight is 348 g/mol. The molecule has 1 saturated carbocycles. The lowest BCUT2D eigenvalue weighted by Gasteiger charge is -2.13. The van der Waals surface area contributed by atoms with E-state index in [-0.39, 0.29) is 11.6 Å². The minimum absolute atomic E-state index is 0.245. The molecule has 26 heavy (non-hydrogen) atoms. The minimum Gasteiger partial charge on any atom is -0.490 e. The van der Waals surface area contributed by atoms with E-state index in [1.807, 2.05) is 54.6 Å². The van der Waals surface area contributed by atoms with Crippen LogP contribution in [0.15, 0.2) is 65.2 Å². The smallest absolute Gasteiger partial charge is 0.277 e. The maximum Gasteiger partial charge on any atom is 0.277 e. The van der Waals surface area contributed by atoms with Gasteiger partial charge in [-0.2, -0.15) is 0 Å². The maximum absolute atomic E-state index is 12.4. The van der Waals surface area contributed by atoms with E-state index >= 15 is 0 Å². The van der Waals surface area contributed by atoms with Gasteiger partial charge in [-0.05, 0) is 49.9 Å². The summed E-state index contributed by atoms with van der Waals surface area (Å²) in [6.45, 7) is 0. The molecule has 1 aromatic heterocycles. The number of anilines is 1. The molecular formula is C21H20N2O3. The summed E-state index contributed by atoms with van der Waals surface area (Å²) in [4.78, 5) is 12.4. The second-order valence-electron chi connectivity index (χ2n) is 6.45. The molecule has 132 valence electrons. The summed E-state index contributed by atoms with van der Waals surface area (Å²) in [5.41, 5.74) is 1.82. The monoisotopic (exact) mass is 348 g/mol. The Bertz CT molecular complexity index is 866. The van der Waals surface area contributed by atoms with Gasteiger partial charge in [-0.1, -0.05) is 35.5 Å². The number of carbonyl (C=O) groups is 1. The highest BCUT2D eigenvalue weighted by Gasteiger charge is 2.17. The number of nitrogens with zero attached hydrogens (tertiary/aromatic N) is 1. The van der Waals surface area contributed by atoms with Crippen LogP contribution in [0.4, 0.5) is 5.69 Å². The molecule has 0 radical (unpaired) electrons. The number of hydrogen-bond acceptors (Lipinski definition) is 4. The number of ether oxygens (including phenoxy) is 1. The number of rotatable bonds is 5. The van der Waals surface area contributed by atoms with Gasteiger partial charge in [0.05, 0.1) is 6.10 Å².